The molecule has 30 heavy (non-hydrogen) atoms. The number of nitrogens with zero attached hydrogens (tertiary/aromatic N) is 3. The first-order chi connectivity index (χ1) is 14.4. The van der Waals surface area contributed by atoms with Crippen LogP contribution in [0.5, 0.6) is 17.4 Å². The molecule has 0 saturated carbocycles. The van der Waals surface area contributed by atoms with Gasteiger partial charge in [0.25, 0.3) is 11.8 Å². The molecule has 0 bridgehead atoms. The zero-order chi connectivity index (χ0) is 21.7. The zero-order valence-electron chi connectivity index (χ0n) is 15.9. The number of hydrogen-bond acceptors (Lipinski definition) is 7. The standard InChI is InChI=1S/C21H17N5O4/c1-12(19(23)27)29-18-10-17(20(24)28)25-21(26-18)14-4-8-16(9-5-14)30-15-6-2-13(11-22)3-7-15/h2-10,12H,1H3,(H2,23,27)(H2,24,28). The Morgan fingerprint density at radius 3 is 2.13 bits per heavy atom. The second kappa shape index (κ2) is 8.70. The second-order valence-corrected chi connectivity index (χ2v) is 6.20. The summed E-state index contributed by atoms with van der Waals surface area (Å²) in [6.07, 6.45) is -0.948. The zero-order valence-corrected chi connectivity index (χ0v) is 15.9. The minimum atomic E-state index is -0.948. The highest BCUT2D eigenvalue weighted by molar-refractivity contribution is 5.91. The fourth-order valence-corrected chi connectivity index (χ4v) is 2.39. The Labute approximate surface area is 171 Å². The predicted octanol–water partition coefficient (Wildman–Crippen LogP) is 2.16. The molecule has 0 radical (unpaired) electrons. The molecule has 1 aromatic heterocycles. The third kappa shape index (κ3) is 4.88. The van der Waals surface area contributed by atoms with Gasteiger partial charge in [-0.3, -0.25) is 9.59 Å². The van der Waals surface area contributed by atoms with Gasteiger partial charge in [-0.1, -0.05) is 0 Å². The van der Waals surface area contributed by atoms with Gasteiger partial charge in [0.2, 0.25) is 5.88 Å². The normalized spacial score (nSPS) is 11.2. The molecule has 0 aliphatic carbocycles. The fraction of sp³-hybridized carbons (Fsp3) is 0.0952. The van der Waals surface area contributed by atoms with Crippen LogP contribution in [0.2, 0.25) is 0 Å². The maximum Gasteiger partial charge on any atom is 0.267 e. The number of nitrogens with two attached hydrogens (primary N) is 2. The molecule has 9 heteroatoms. The van der Waals surface area contributed by atoms with E-state index in [0.29, 0.717) is 22.6 Å². The Morgan fingerprint density at radius 2 is 1.60 bits per heavy atom. The Bertz CT molecular complexity index is 1120. The largest absolute Gasteiger partial charge is 0.464 e. The van der Waals surface area contributed by atoms with Crippen molar-refractivity contribution in [1.82, 2.24) is 9.97 Å². The van der Waals surface area contributed by atoms with E-state index in [-0.39, 0.29) is 17.4 Å². The summed E-state index contributed by atoms with van der Waals surface area (Å²) in [5.74, 6) is -0.143. The average Bonchev–Trinajstić information content (AvgIpc) is 2.74. The van der Waals surface area contributed by atoms with Gasteiger partial charge in [-0.25, -0.2) is 4.98 Å². The highest BCUT2D eigenvalue weighted by Crippen LogP contribution is 2.26. The lowest BCUT2D eigenvalue weighted by molar-refractivity contribution is -0.124. The highest BCUT2D eigenvalue weighted by Gasteiger charge is 2.16. The molecule has 0 aliphatic rings. The number of benzene rings is 2. The summed E-state index contributed by atoms with van der Waals surface area (Å²) >= 11 is 0. The number of primary amides is 2. The minimum absolute atomic E-state index is 0.00184. The predicted molar refractivity (Wildman–Crippen MR) is 107 cm³/mol. The van der Waals surface area contributed by atoms with Gasteiger partial charge in [-0.2, -0.15) is 10.2 Å². The quantitative estimate of drug-likeness (QED) is 0.612. The van der Waals surface area contributed by atoms with E-state index in [1.54, 1.807) is 48.5 Å². The van der Waals surface area contributed by atoms with Crippen LogP contribution in [0.4, 0.5) is 0 Å². The fourth-order valence-electron chi connectivity index (χ4n) is 2.39. The molecular weight excluding hydrogens is 386 g/mol. The lowest BCUT2D eigenvalue weighted by Gasteiger charge is -2.12. The van der Waals surface area contributed by atoms with E-state index in [1.807, 2.05) is 6.07 Å². The molecule has 1 unspecified atom stereocenters. The molecule has 150 valence electrons. The molecule has 0 fully saturated rings. The summed E-state index contributed by atoms with van der Waals surface area (Å²) in [5, 5.41) is 8.84. The smallest absolute Gasteiger partial charge is 0.267 e. The maximum atomic E-state index is 11.6. The van der Waals surface area contributed by atoms with Crippen LogP contribution in [0.3, 0.4) is 0 Å². The van der Waals surface area contributed by atoms with Crippen LogP contribution < -0.4 is 20.9 Å². The molecule has 3 rings (SSSR count). The summed E-state index contributed by atoms with van der Waals surface area (Å²) in [5.41, 5.74) is 11.6. The molecular formula is C21H17N5O4. The lowest BCUT2D eigenvalue weighted by Crippen LogP contribution is -2.31. The van der Waals surface area contributed by atoms with Crippen molar-refractivity contribution in [3.05, 3.63) is 65.9 Å². The van der Waals surface area contributed by atoms with Crippen molar-refractivity contribution >= 4 is 11.8 Å². The van der Waals surface area contributed by atoms with E-state index in [4.69, 9.17) is 26.2 Å². The third-order valence-corrected chi connectivity index (χ3v) is 3.98. The van der Waals surface area contributed by atoms with Gasteiger partial charge >= 0.3 is 0 Å². The first kappa shape index (κ1) is 20.3. The van der Waals surface area contributed by atoms with Gasteiger partial charge in [0.05, 0.1) is 11.6 Å². The topological polar surface area (TPSA) is 154 Å². The summed E-state index contributed by atoms with van der Waals surface area (Å²) in [6.45, 7) is 1.46. The highest BCUT2D eigenvalue weighted by atomic mass is 16.5. The van der Waals surface area contributed by atoms with Crippen LogP contribution in [0, 0.1) is 11.3 Å². The number of carbonyl (C=O) groups is 2. The molecule has 2 amide bonds. The molecule has 1 atom stereocenters. The Kier molecular flexibility index (Phi) is 5.89. The molecule has 0 saturated heterocycles. The van der Waals surface area contributed by atoms with Crippen LogP contribution in [0.15, 0.2) is 54.6 Å². The maximum absolute atomic E-state index is 11.6. The first-order valence-electron chi connectivity index (χ1n) is 8.79. The molecule has 0 spiro atoms. The van der Waals surface area contributed by atoms with E-state index < -0.39 is 17.9 Å². The summed E-state index contributed by atoms with van der Waals surface area (Å²) in [4.78, 5) is 31.2. The van der Waals surface area contributed by atoms with Gasteiger partial charge in [0.1, 0.15) is 17.2 Å². The molecule has 2 aromatic carbocycles. The number of nitriles is 1. The van der Waals surface area contributed by atoms with Crippen molar-refractivity contribution in [2.24, 2.45) is 11.5 Å². The van der Waals surface area contributed by atoms with Crippen molar-refractivity contribution in [2.75, 3.05) is 0 Å². The van der Waals surface area contributed by atoms with E-state index in [2.05, 4.69) is 9.97 Å². The van der Waals surface area contributed by atoms with Gasteiger partial charge in [0.15, 0.2) is 11.9 Å². The van der Waals surface area contributed by atoms with E-state index in [0.717, 1.165) is 0 Å². The SMILES string of the molecule is CC(Oc1cc(C(N)=O)nc(-c2ccc(Oc3ccc(C#N)cc3)cc2)n1)C(N)=O. The van der Waals surface area contributed by atoms with Crippen LogP contribution in [-0.2, 0) is 4.79 Å². The number of hydrogen-bond donors (Lipinski definition) is 2. The number of carbonyl (C=O) groups excluding carboxylic acids is 2. The lowest BCUT2D eigenvalue weighted by atomic mass is 10.2. The van der Waals surface area contributed by atoms with Crippen LogP contribution in [0.1, 0.15) is 23.0 Å². The monoisotopic (exact) mass is 403 g/mol. The Morgan fingerprint density at radius 1 is 1.00 bits per heavy atom. The number of amides is 2. The van der Waals surface area contributed by atoms with Gasteiger partial charge < -0.3 is 20.9 Å². The number of aromatic nitrogens is 2. The van der Waals surface area contributed by atoms with E-state index >= 15 is 0 Å². The van der Waals surface area contributed by atoms with Crippen molar-refractivity contribution < 1.29 is 19.1 Å². The third-order valence-electron chi connectivity index (χ3n) is 3.98. The van der Waals surface area contributed by atoms with Gasteiger partial charge in [-0.15, -0.1) is 0 Å². The molecule has 1 heterocycles. The van der Waals surface area contributed by atoms with Crippen molar-refractivity contribution in [3.63, 3.8) is 0 Å². The average molecular weight is 403 g/mol. The second-order valence-electron chi connectivity index (χ2n) is 6.20. The van der Waals surface area contributed by atoms with Crippen LogP contribution in [0.25, 0.3) is 11.4 Å². The van der Waals surface area contributed by atoms with Gasteiger partial charge in [-0.05, 0) is 55.5 Å². The van der Waals surface area contributed by atoms with Crippen LogP contribution in [-0.4, -0.2) is 27.9 Å². The minimum Gasteiger partial charge on any atom is -0.464 e. The van der Waals surface area contributed by atoms with Crippen molar-refractivity contribution in [3.8, 4) is 34.8 Å². The molecule has 3 aromatic rings. The number of ether oxygens (including phenoxy) is 2. The summed E-state index contributed by atoms with van der Waals surface area (Å²) in [7, 11) is 0. The van der Waals surface area contributed by atoms with Crippen molar-refractivity contribution in [2.45, 2.75) is 13.0 Å². The summed E-state index contributed by atoms with van der Waals surface area (Å²) < 4.78 is 11.1. The van der Waals surface area contributed by atoms with E-state index in [1.165, 1.54) is 13.0 Å². The molecule has 9 nitrogen and oxygen atoms in total. The Balaban J connectivity index is 1.85. The van der Waals surface area contributed by atoms with E-state index in [9.17, 15) is 9.59 Å². The molecule has 4 N–H and O–H groups in total. The van der Waals surface area contributed by atoms with Crippen LogP contribution >= 0.6 is 0 Å². The number of rotatable bonds is 7. The molecule has 0 aliphatic heterocycles. The van der Waals surface area contributed by atoms with Gasteiger partial charge in [0, 0.05) is 11.6 Å². The Hall–Kier alpha value is -4.45. The summed E-state index contributed by atoms with van der Waals surface area (Å²) in [6, 6.07) is 16.8. The first-order valence-corrected chi connectivity index (χ1v) is 8.79. The van der Waals surface area contributed by atoms with Crippen molar-refractivity contribution in [1.29, 1.82) is 5.26 Å².